The lowest BCUT2D eigenvalue weighted by Crippen LogP contribution is -2.04. The molecule has 1 unspecified atom stereocenters. The average molecular weight is 257 g/mol. The zero-order valence-electron chi connectivity index (χ0n) is 8.32. The Bertz CT molecular complexity index is 471. The zero-order chi connectivity index (χ0) is 11.5. The number of imidazole rings is 1. The third kappa shape index (κ3) is 2.55. The highest BCUT2D eigenvalue weighted by Gasteiger charge is 2.12. The van der Waals surface area contributed by atoms with Crippen LogP contribution < -0.4 is 0 Å². The van der Waals surface area contributed by atoms with Gasteiger partial charge >= 0.3 is 0 Å². The van der Waals surface area contributed by atoms with Crippen molar-refractivity contribution in [2.45, 2.75) is 12.5 Å². The molecular formula is C11H10Cl2N2O. The summed E-state index contributed by atoms with van der Waals surface area (Å²) in [5.74, 6) is 0.533. The highest BCUT2D eigenvalue weighted by molar-refractivity contribution is 6.35. The van der Waals surface area contributed by atoms with Crippen molar-refractivity contribution < 1.29 is 5.11 Å². The summed E-state index contributed by atoms with van der Waals surface area (Å²) in [5.41, 5.74) is 0.843. The molecule has 1 heterocycles. The lowest BCUT2D eigenvalue weighted by molar-refractivity contribution is 0.169. The number of aliphatic hydroxyl groups is 1. The third-order valence-electron chi connectivity index (χ3n) is 2.26. The van der Waals surface area contributed by atoms with Gasteiger partial charge < -0.3 is 10.1 Å². The van der Waals surface area contributed by atoms with E-state index in [1.54, 1.807) is 30.6 Å². The van der Waals surface area contributed by atoms with Gasteiger partial charge in [-0.3, -0.25) is 0 Å². The van der Waals surface area contributed by atoms with Crippen LogP contribution in [0, 0.1) is 0 Å². The second-order valence-corrected chi connectivity index (χ2v) is 4.27. The monoisotopic (exact) mass is 256 g/mol. The first-order chi connectivity index (χ1) is 7.66. The van der Waals surface area contributed by atoms with Crippen LogP contribution in [0.15, 0.2) is 30.6 Å². The first kappa shape index (κ1) is 11.5. The van der Waals surface area contributed by atoms with E-state index in [1.807, 2.05) is 0 Å². The Morgan fingerprint density at radius 2 is 2.19 bits per heavy atom. The minimum Gasteiger partial charge on any atom is -0.385 e. The van der Waals surface area contributed by atoms with Gasteiger partial charge in [-0.15, -0.1) is 0 Å². The van der Waals surface area contributed by atoms with Gasteiger partial charge in [0.2, 0.25) is 0 Å². The van der Waals surface area contributed by atoms with Crippen LogP contribution in [0.2, 0.25) is 10.0 Å². The van der Waals surface area contributed by atoms with Gasteiger partial charge in [0.05, 0.1) is 0 Å². The fourth-order valence-corrected chi connectivity index (χ4v) is 1.94. The lowest BCUT2D eigenvalue weighted by atomic mass is 10.1. The molecule has 0 aliphatic carbocycles. The number of benzene rings is 1. The minimum atomic E-state index is -0.686. The van der Waals surface area contributed by atoms with Gasteiger partial charge in [0.25, 0.3) is 0 Å². The summed E-state index contributed by atoms with van der Waals surface area (Å²) in [7, 11) is 0. The summed E-state index contributed by atoms with van der Waals surface area (Å²) in [5, 5.41) is 11.0. The van der Waals surface area contributed by atoms with Gasteiger partial charge in [-0.1, -0.05) is 29.3 Å². The van der Waals surface area contributed by atoms with Crippen LogP contribution in [-0.2, 0) is 6.42 Å². The van der Waals surface area contributed by atoms with Crippen LogP contribution >= 0.6 is 23.2 Å². The number of rotatable bonds is 3. The predicted molar refractivity (Wildman–Crippen MR) is 63.7 cm³/mol. The molecule has 0 spiro atoms. The standard InChI is InChI=1S/C11H10Cl2N2O/c12-8-2-1-7(9(13)6-8)5-10(16)11-14-3-4-15-11/h1-4,6,10,16H,5H2,(H,14,15). The number of hydrogen-bond donors (Lipinski definition) is 2. The molecule has 0 saturated carbocycles. The maximum absolute atomic E-state index is 9.87. The number of aromatic amines is 1. The van der Waals surface area contributed by atoms with E-state index in [1.165, 1.54) is 0 Å². The Labute approximate surface area is 103 Å². The average Bonchev–Trinajstić information content (AvgIpc) is 2.75. The Hall–Kier alpha value is -1.03. The molecule has 0 aliphatic heterocycles. The summed E-state index contributed by atoms with van der Waals surface area (Å²) in [4.78, 5) is 6.84. The number of aromatic nitrogens is 2. The molecule has 1 atom stereocenters. The molecule has 3 nitrogen and oxygen atoms in total. The predicted octanol–water partition coefficient (Wildman–Crippen LogP) is 2.99. The SMILES string of the molecule is OC(Cc1ccc(Cl)cc1Cl)c1ncc[nH]1. The van der Waals surface area contributed by atoms with E-state index in [2.05, 4.69) is 9.97 Å². The van der Waals surface area contributed by atoms with Crippen LogP contribution in [-0.4, -0.2) is 15.1 Å². The van der Waals surface area contributed by atoms with E-state index in [0.717, 1.165) is 5.56 Å². The molecule has 2 N–H and O–H groups in total. The summed E-state index contributed by atoms with van der Waals surface area (Å²) in [6, 6.07) is 5.21. The van der Waals surface area contributed by atoms with Crippen molar-refractivity contribution >= 4 is 23.2 Å². The maximum Gasteiger partial charge on any atom is 0.135 e. The zero-order valence-corrected chi connectivity index (χ0v) is 9.83. The smallest absolute Gasteiger partial charge is 0.135 e. The van der Waals surface area contributed by atoms with Crippen molar-refractivity contribution in [3.63, 3.8) is 0 Å². The van der Waals surface area contributed by atoms with Crippen molar-refractivity contribution in [1.29, 1.82) is 0 Å². The normalized spacial score (nSPS) is 12.7. The van der Waals surface area contributed by atoms with Crippen molar-refractivity contribution in [2.75, 3.05) is 0 Å². The van der Waals surface area contributed by atoms with Gasteiger partial charge in [-0.2, -0.15) is 0 Å². The van der Waals surface area contributed by atoms with Crippen molar-refractivity contribution in [3.05, 3.63) is 52.0 Å². The molecule has 2 aromatic rings. The second-order valence-electron chi connectivity index (χ2n) is 3.43. The Kier molecular flexibility index (Phi) is 3.49. The lowest BCUT2D eigenvalue weighted by Gasteiger charge is -2.09. The molecule has 2 rings (SSSR count). The van der Waals surface area contributed by atoms with E-state index in [9.17, 15) is 5.11 Å². The van der Waals surface area contributed by atoms with Crippen LogP contribution in [0.5, 0.6) is 0 Å². The number of nitrogens with one attached hydrogen (secondary N) is 1. The molecule has 0 fully saturated rings. The van der Waals surface area contributed by atoms with E-state index in [4.69, 9.17) is 23.2 Å². The molecule has 0 bridgehead atoms. The van der Waals surface area contributed by atoms with Crippen LogP contribution in [0.25, 0.3) is 0 Å². The van der Waals surface area contributed by atoms with Gasteiger partial charge in [-0.25, -0.2) is 4.98 Å². The van der Waals surface area contributed by atoms with E-state index >= 15 is 0 Å². The van der Waals surface area contributed by atoms with Crippen LogP contribution in [0.3, 0.4) is 0 Å². The molecule has 0 saturated heterocycles. The minimum absolute atomic E-state index is 0.406. The summed E-state index contributed by atoms with van der Waals surface area (Å²) < 4.78 is 0. The Balaban J connectivity index is 2.15. The number of hydrogen-bond acceptors (Lipinski definition) is 2. The van der Waals surface area contributed by atoms with Crippen molar-refractivity contribution in [1.82, 2.24) is 9.97 Å². The van der Waals surface area contributed by atoms with Crippen LogP contribution in [0.1, 0.15) is 17.5 Å². The molecule has 0 amide bonds. The largest absolute Gasteiger partial charge is 0.385 e. The first-order valence-electron chi connectivity index (χ1n) is 4.78. The van der Waals surface area contributed by atoms with Crippen molar-refractivity contribution in [2.24, 2.45) is 0 Å². The van der Waals surface area contributed by atoms with Gasteiger partial charge in [0.15, 0.2) is 0 Å². The van der Waals surface area contributed by atoms with Gasteiger partial charge in [0, 0.05) is 28.9 Å². The highest BCUT2D eigenvalue weighted by Crippen LogP contribution is 2.24. The maximum atomic E-state index is 9.87. The topological polar surface area (TPSA) is 48.9 Å². The number of halogens is 2. The quantitative estimate of drug-likeness (QED) is 0.887. The summed E-state index contributed by atoms with van der Waals surface area (Å²) in [6.45, 7) is 0. The van der Waals surface area contributed by atoms with Gasteiger partial charge in [0.1, 0.15) is 11.9 Å². The number of nitrogens with zero attached hydrogens (tertiary/aromatic N) is 1. The summed E-state index contributed by atoms with van der Waals surface area (Å²) >= 11 is 11.8. The molecule has 1 aromatic carbocycles. The first-order valence-corrected chi connectivity index (χ1v) is 5.53. The molecule has 5 heteroatoms. The molecule has 1 aromatic heterocycles. The molecule has 84 valence electrons. The van der Waals surface area contributed by atoms with E-state index in [0.29, 0.717) is 22.3 Å². The van der Waals surface area contributed by atoms with Crippen molar-refractivity contribution in [3.8, 4) is 0 Å². The summed E-state index contributed by atoms with van der Waals surface area (Å²) in [6.07, 6.45) is 2.99. The number of aliphatic hydroxyl groups excluding tert-OH is 1. The van der Waals surface area contributed by atoms with Gasteiger partial charge in [-0.05, 0) is 17.7 Å². The highest BCUT2D eigenvalue weighted by atomic mass is 35.5. The second kappa shape index (κ2) is 4.87. The molecule has 0 radical (unpaired) electrons. The Morgan fingerprint density at radius 1 is 1.38 bits per heavy atom. The molecule has 16 heavy (non-hydrogen) atoms. The van der Waals surface area contributed by atoms with E-state index in [-0.39, 0.29) is 0 Å². The molecule has 0 aliphatic rings. The fraction of sp³-hybridized carbons (Fsp3) is 0.182. The number of H-pyrrole nitrogens is 1. The fourth-order valence-electron chi connectivity index (χ4n) is 1.45. The third-order valence-corrected chi connectivity index (χ3v) is 2.85. The Morgan fingerprint density at radius 3 is 2.81 bits per heavy atom. The van der Waals surface area contributed by atoms with Crippen LogP contribution in [0.4, 0.5) is 0 Å². The van der Waals surface area contributed by atoms with E-state index < -0.39 is 6.10 Å². The molecular weight excluding hydrogens is 247 g/mol.